The molecule has 0 spiro atoms. The number of fused-ring (bicyclic) bond motifs is 1. The van der Waals surface area contributed by atoms with Crippen LogP contribution in [-0.4, -0.2) is 41.5 Å². The number of likely N-dealkylation sites (tertiary alicyclic amines) is 1. The second-order valence-corrected chi connectivity index (χ2v) is 5.59. The van der Waals surface area contributed by atoms with Gasteiger partial charge in [-0.3, -0.25) is 9.59 Å². The minimum absolute atomic E-state index is 0.0146. The standard InChI is InChI=1S/C17H20N2O3/c1-2-22-17(21)12-5-4-10-19(11-12)16(20)14-6-3-7-15-13(14)8-9-18-15/h3,6-9,12,18H,2,4-5,10-11H2,1H3. The molecule has 0 bridgehead atoms. The van der Waals surface area contributed by atoms with Crippen molar-refractivity contribution in [1.29, 1.82) is 0 Å². The normalized spacial score (nSPS) is 18.4. The minimum Gasteiger partial charge on any atom is -0.466 e. The van der Waals surface area contributed by atoms with E-state index in [-0.39, 0.29) is 17.8 Å². The van der Waals surface area contributed by atoms with Gasteiger partial charge in [-0.2, -0.15) is 0 Å². The molecule has 0 aliphatic carbocycles. The summed E-state index contributed by atoms with van der Waals surface area (Å²) in [5.41, 5.74) is 1.63. The van der Waals surface area contributed by atoms with E-state index in [4.69, 9.17) is 4.74 Å². The Morgan fingerprint density at radius 2 is 2.23 bits per heavy atom. The number of amides is 1. The first kappa shape index (κ1) is 14.6. The summed E-state index contributed by atoms with van der Waals surface area (Å²) in [5.74, 6) is -0.415. The number of nitrogens with one attached hydrogen (secondary N) is 1. The van der Waals surface area contributed by atoms with Gasteiger partial charge in [-0.25, -0.2) is 0 Å². The van der Waals surface area contributed by atoms with E-state index in [1.165, 1.54) is 0 Å². The van der Waals surface area contributed by atoms with E-state index in [0.717, 1.165) is 23.7 Å². The van der Waals surface area contributed by atoms with Crippen molar-refractivity contribution in [2.75, 3.05) is 19.7 Å². The van der Waals surface area contributed by atoms with E-state index in [2.05, 4.69) is 4.98 Å². The van der Waals surface area contributed by atoms with Crippen LogP contribution in [-0.2, 0) is 9.53 Å². The van der Waals surface area contributed by atoms with E-state index < -0.39 is 0 Å². The molecule has 2 heterocycles. The van der Waals surface area contributed by atoms with Crippen LogP contribution in [0.4, 0.5) is 0 Å². The molecule has 1 fully saturated rings. The number of nitrogens with zero attached hydrogens (tertiary/aromatic N) is 1. The summed E-state index contributed by atoms with van der Waals surface area (Å²) < 4.78 is 5.09. The highest BCUT2D eigenvalue weighted by atomic mass is 16.5. The number of hydrogen-bond acceptors (Lipinski definition) is 3. The predicted octanol–water partition coefficient (Wildman–Crippen LogP) is 2.58. The van der Waals surface area contributed by atoms with Crippen LogP contribution >= 0.6 is 0 Å². The molecule has 1 amide bonds. The van der Waals surface area contributed by atoms with Gasteiger partial charge < -0.3 is 14.6 Å². The van der Waals surface area contributed by atoms with Crippen LogP contribution in [0.25, 0.3) is 10.9 Å². The number of benzene rings is 1. The Balaban J connectivity index is 1.80. The Labute approximate surface area is 129 Å². The van der Waals surface area contributed by atoms with Crippen LogP contribution in [0.2, 0.25) is 0 Å². The number of H-pyrrole nitrogens is 1. The lowest BCUT2D eigenvalue weighted by Crippen LogP contribution is -2.42. The lowest BCUT2D eigenvalue weighted by atomic mass is 9.97. The third-order valence-corrected chi connectivity index (χ3v) is 4.15. The molecular formula is C17H20N2O3. The number of aromatic nitrogens is 1. The van der Waals surface area contributed by atoms with Gasteiger partial charge in [-0.15, -0.1) is 0 Å². The van der Waals surface area contributed by atoms with Gasteiger partial charge in [0.15, 0.2) is 0 Å². The van der Waals surface area contributed by atoms with Gasteiger partial charge in [-0.1, -0.05) is 6.07 Å². The van der Waals surface area contributed by atoms with Crippen molar-refractivity contribution in [1.82, 2.24) is 9.88 Å². The number of carbonyl (C=O) groups is 2. The highest BCUT2D eigenvalue weighted by Crippen LogP contribution is 2.23. The Hall–Kier alpha value is -2.30. The van der Waals surface area contributed by atoms with Crippen LogP contribution in [0.3, 0.4) is 0 Å². The van der Waals surface area contributed by atoms with Crippen LogP contribution in [0.15, 0.2) is 30.5 Å². The van der Waals surface area contributed by atoms with Gasteiger partial charge in [0.05, 0.1) is 12.5 Å². The zero-order valence-corrected chi connectivity index (χ0v) is 12.7. The summed E-state index contributed by atoms with van der Waals surface area (Å²) in [6.45, 7) is 3.32. The molecule has 22 heavy (non-hydrogen) atoms. The zero-order valence-electron chi connectivity index (χ0n) is 12.7. The van der Waals surface area contributed by atoms with Crippen molar-refractivity contribution in [2.24, 2.45) is 5.92 Å². The number of piperidine rings is 1. The van der Waals surface area contributed by atoms with Gasteiger partial charge in [0, 0.05) is 35.8 Å². The van der Waals surface area contributed by atoms with Gasteiger partial charge >= 0.3 is 5.97 Å². The Kier molecular flexibility index (Phi) is 4.13. The fourth-order valence-electron chi connectivity index (χ4n) is 3.06. The zero-order chi connectivity index (χ0) is 15.5. The fraction of sp³-hybridized carbons (Fsp3) is 0.412. The van der Waals surface area contributed by atoms with Crippen LogP contribution in [0, 0.1) is 5.92 Å². The van der Waals surface area contributed by atoms with Crippen molar-refractivity contribution < 1.29 is 14.3 Å². The number of hydrogen-bond donors (Lipinski definition) is 1. The summed E-state index contributed by atoms with van der Waals surface area (Å²) in [6.07, 6.45) is 3.45. The van der Waals surface area contributed by atoms with E-state index >= 15 is 0 Å². The second-order valence-electron chi connectivity index (χ2n) is 5.59. The van der Waals surface area contributed by atoms with Crippen LogP contribution < -0.4 is 0 Å². The summed E-state index contributed by atoms with van der Waals surface area (Å²) >= 11 is 0. The average molecular weight is 300 g/mol. The van der Waals surface area contributed by atoms with Crippen molar-refractivity contribution >= 4 is 22.8 Å². The van der Waals surface area contributed by atoms with Crippen LogP contribution in [0.1, 0.15) is 30.1 Å². The summed E-state index contributed by atoms with van der Waals surface area (Å²) in [5, 5.41) is 0.922. The monoisotopic (exact) mass is 300 g/mol. The summed E-state index contributed by atoms with van der Waals surface area (Å²) in [4.78, 5) is 29.6. The maximum absolute atomic E-state index is 12.8. The largest absolute Gasteiger partial charge is 0.466 e. The minimum atomic E-state index is -0.205. The van der Waals surface area contributed by atoms with E-state index in [9.17, 15) is 9.59 Å². The first-order valence-corrected chi connectivity index (χ1v) is 7.72. The first-order valence-electron chi connectivity index (χ1n) is 7.72. The molecule has 1 saturated heterocycles. The van der Waals surface area contributed by atoms with Gasteiger partial charge in [0.1, 0.15) is 0 Å². The quantitative estimate of drug-likeness (QED) is 0.886. The highest BCUT2D eigenvalue weighted by molar-refractivity contribution is 6.06. The molecule has 5 heteroatoms. The molecule has 0 saturated carbocycles. The van der Waals surface area contributed by atoms with E-state index in [0.29, 0.717) is 25.3 Å². The SMILES string of the molecule is CCOC(=O)C1CCCN(C(=O)c2cccc3[nH]ccc23)C1. The summed E-state index contributed by atoms with van der Waals surface area (Å²) in [6, 6.07) is 7.57. The van der Waals surface area contributed by atoms with Crippen molar-refractivity contribution in [2.45, 2.75) is 19.8 Å². The average Bonchev–Trinajstić information content (AvgIpc) is 3.03. The highest BCUT2D eigenvalue weighted by Gasteiger charge is 2.30. The first-order chi connectivity index (χ1) is 10.7. The van der Waals surface area contributed by atoms with Crippen molar-refractivity contribution in [3.8, 4) is 0 Å². The van der Waals surface area contributed by atoms with E-state index in [1.807, 2.05) is 30.5 Å². The van der Waals surface area contributed by atoms with Crippen LogP contribution in [0.5, 0.6) is 0 Å². The molecule has 1 atom stereocenters. The second kappa shape index (κ2) is 6.22. The number of ether oxygens (including phenoxy) is 1. The van der Waals surface area contributed by atoms with Crippen molar-refractivity contribution in [3.05, 3.63) is 36.0 Å². The molecule has 2 aromatic rings. The third kappa shape index (κ3) is 2.71. The molecule has 116 valence electrons. The molecule has 1 aromatic carbocycles. The Morgan fingerprint density at radius 3 is 3.05 bits per heavy atom. The Bertz CT molecular complexity index is 692. The molecule has 3 rings (SSSR count). The molecule has 1 aliphatic rings. The lowest BCUT2D eigenvalue weighted by molar-refractivity contribution is -0.149. The van der Waals surface area contributed by atoms with Crippen molar-refractivity contribution in [3.63, 3.8) is 0 Å². The molecule has 5 nitrogen and oxygen atoms in total. The van der Waals surface area contributed by atoms with Gasteiger partial charge in [0.2, 0.25) is 0 Å². The molecule has 1 aliphatic heterocycles. The number of carbonyl (C=O) groups excluding carboxylic acids is 2. The fourth-order valence-corrected chi connectivity index (χ4v) is 3.06. The molecule has 1 unspecified atom stereocenters. The third-order valence-electron chi connectivity index (χ3n) is 4.15. The molecule has 1 aromatic heterocycles. The molecule has 1 N–H and O–H groups in total. The van der Waals surface area contributed by atoms with Gasteiger partial charge in [0.25, 0.3) is 5.91 Å². The number of aromatic amines is 1. The number of rotatable bonds is 3. The predicted molar refractivity (Wildman–Crippen MR) is 83.6 cm³/mol. The van der Waals surface area contributed by atoms with Gasteiger partial charge in [-0.05, 0) is 38.0 Å². The summed E-state index contributed by atoms with van der Waals surface area (Å²) in [7, 11) is 0. The van der Waals surface area contributed by atoms with E-state index in [1.54, 1.807) is 11.8 Å². The molecule has 0 radical (unpaired) electrons. The molecular weight excluding hydrogens is 280 g/mol. The maximum atomic E-state index is 12.8. The maximum Gasteiger partial charge on any atom is 0.310 e. The lowest BCUT2D eigenvalue weighted by Gasteiger charge is -2.31. The number of esters is 1. The Morgan fingerprint density at radius 1 is 1.36 bits per heavy atom. The topological polar surface area (TPSA) is 62.4 Å². The smallest absolute Gasteiger partial charge is 0.310 e.